The normalized spacial score (nSPS) is 16.6. The van der Waals surface area contributed by atoms with Crippen LogP contribution in [0.3, 0.4) is 0 Å². The van der Waals surface area contributed by atoms with Gasteiger partial charge in [-0.25, -0.2) is 4.79 Å². The third kappa shape index (κ3) is 6.05. The largest absolute Gasteiger partial charge is 0.461 e. The Morgan fingerprint density at radius 1 is 1.12 bits per heavy atom. The van der Waals surface area contributed by atoms with E-state index in [-0.39, 0.29) is 18.7 Å². The van der Waals surface area contributed by atoms with Crippen LogP contribution in [0.1, 0.15) is 25.7 Å². The van der Waals surface area contributed by atoms with E-state index in [0.717, 1.165) is 25.7 Å². The van der Waals surface area contributed by atoms with Gasteiger partial charge in [0.05, 0.1) is 19.8 Å². The average molecular weight is 231 g/mol. The molecule has 0 saturated heterocycles. The zero-order chi connectivity index (χ0) is 11.6. The molecule has 0 amide bonds. The second-order valence-corrected chi connectivity index (χ2v) is 3.85. The van der Waals surface area contributed by atoms with Crippen LogP contribution in [-0.2, 0) is 19.0 Å². The Balaban J connectivity index is 1.89. The van der Waals surface area contributed by atoms with Gasteiger partial charge in [0, 0.05) is 6.54 Å². The van der Waals surface area contributed by atoms with E-state index in [2.05, 4.69) is 0 Å². The second kappa shape index (κ2) is 8.50. The monoisotopic (exact) mass is 231 g/mol. The summed E-state index contributed by atoms with van der Waals surface area (Å²) in [5.41, 5.74) is 5.24. The molecule has 1 aliphatic rings. The first-order valence-corrected chi connectivity index (χ1v) is 5.88. The second-order valence-electron chi connectivity index (χ2n) is 3.85. The number of hydrogen-bond acceptors (Lipinski definition) is 5. The topological polar surface area (TPSA) is 70.8 Å². The Morgan fingerprint density at radius 2 is 1.81 bits per heavy atom. The van der Waals surface area contributed by atoms with E-state index in [1.807, 2.05) is 0 Å². The summed E-state index contributed by atoms with van der Waals surface area (Å²) in [6.45, 7) is 1.91. The van der Waals surface area contributed by atoms with E-state index in [0.29, 0.717) is 26.4 Å². The summed E-state index contributed by atoms with van der Waals surface area (Å²) in [4.78, 5) is 11.3. The van der Waals surface area contributed by atoms with Crippen molar-refractivity contribution >= 4 is 5.97 Å². The lowest BCUT2D eigenvalue weighted by Crippen LogP contribution is -2.20. The van der Waals surface area contributed by atoms with Crippen molar-refractivity contribution in [1.82, 2.24) is 0 Å². The summed E-state index contributed by atoms with van der Waals surface area (Å²) in [6, 6.07) is 0. The molecule has 0 aliphatic heterocycles. The SMILES string of the molecule is NCCOCCOCC(=O)OC1CCCC1. The predicted molar refractivity (Wildman–Crippen MR) is 59.0 cm³/mol. The van der Waals surface area contributed by atoms with Crippen LogP contribution in [0.5, 0.6) is 0 Å². The molecule has 0 aromatic rings. The molecule has 5 heteroatoms. The Hall–Kier alpha value is -0.650. The van der Waals surface area contributed by atoms with E-state index in [4.69, 9.17) is 19.9 Å². The lowest BCUT2D eigenvalue weighted by molar-refractivity contribution is -0.154. The van der Waals surface area contributed by atoms with Crippen LogP contribution in [-0.4, -0.2) is 45.0 Å². The average Bonchev–Trinajstić information content (AvgIpc) is 2.76. The first-order valence-electron chi connectivity index (χ1n) is 5.88. The number of esters is 1. The number of carbonyl (C=O) groups is 1. The van der Waals surface area contributed by atoms with Crippen LogP contribution in [0.25, 0.3) is 0 Å². The summed E-state index contributed by atoms with van der Waals surface area (Å²) in [5.74, 6) is -0.272. The van der Waals surface area contributed by atoms with Gasteiger partial charge in [-0.3, -0.25) is 0 Å². The van der Waals surface area contributed by atoms with Gasteiger partial charge < -0.3 is 19.9 Å². The van der Waals surface area contributed by atoms with Gasteiger partial charge in [-0.05, 0) is 25.7 Å². The molecule has 5 nitrogen and oxygen atoms in total. The molecule has 94 valence electrons. The van der Waals surface area contributed by atoms with Gasteiger partial charge >= 0.3 is 5.97 Å². The van der Waals surface area contributed by atoms with Crippen molar-refractivity contribution in [2.45, 2.75) is 31.8 Å². The van der Waals surface area contributed by atoms with Gasteiger partial charge in [0.2, 0.25) is 0 Å². The summed E-state index contributed by atoms with van der Waals surface area (Å²) < 4.78 is 15.4. The number of nitrogens with two attached hydrogens (primary N) is 1. The molecule has 1 aliphatic carbocycles. The zero-order valence-electron chi connectivity index (χ0n) is 9.65. The third-order valence-corrected chi connectivity index (χ3v) is 2.45. The van der Waals surface area contributed by atoms with Crippen molar-refractivity contribution in [3.05, 3.63) is 0 Å². The van der Waals surface area contributed by atoms with E-state index in [1.54, 1.807) is 0 Å². The minimum atomic E-state index is -0.272. The fraction of sp³-hybridized carbons (Fsp3) is 0.909. The standard InChI is InChI=1S/C11H21NO4/c12-5-6-14-7-8-15-9-11(13)16-10-3-1-2-4-10/h10H,1-9,12H2. The first-order chi connectivity index (χ1) is 7.83. The van der Waals surface area contributed by atoms with Crippen molar-refractivity contribution in [3.63, 3.8) is 0 Å². The molecule has 2 N–H and O–H groups in total. The molecule has 16 heavy (non-hydrogen) atoms. The summed E-state index contributed by atoms with van der Waals surface area (Å²) in [6.07, 6.45) is 4.42. The maximum Gasteiger partial charge on any atom is 0.332 e. The summed E-state index contributed by atoms with van der Waals surface area (Å²) >= 11 is 0. The molecular weight excluding hydrogens is 210 g/mol. The fourth-order valence-electron chi connectivity index (χ4n) is 1.68. The van der Waals surface area contributed by atoms with Crippen molar-refractivity contribution < 1.29 is 19.0 Å². The molecule has 0 aromatic carbocycles. The number of ether oxygens (including phenoxy) is 3. The highest BCUT2D eigenvalue weighted by atomic mass is 16.6. The fourth-order valence-corrected chi connectivity index (χ4v) is 1.68. The van der Waals surface area contributed by atoms with E-state index >= 15 is 0 Å². The van der Waals surface area contributed by atoms with E-state index in [1.165, 1.54) is 0 Å². The van der Waals surface area contributed by atoms with Gasteiger partial charge in [0.1, 0.15) is 12.7 Å². The van der Waals surface area contributed by atoms with Crippen LogP contribution in [0.15, 0.2) is 0 Å². The maximum absolute atomic E-state index is 11.3. The Labute approximate surface area is 96.2 Å². The van der Waals surface area contributed by atoms with Crippen molar-refractivity contribution in [3.8, 4) is 0 Å². The number of hydrogen-bond donors (Lipinski definition) is 1. The number of rotatable bonds is 8. The first kappa shape index (κ1) is 13.4. The maximum atomic E-state index is 11.3. The van der Waals surface area contributed by atoms with Gasteiger partial charge in [-0.15, -0.1) is 0 Å². The molecule has 0 bridgehead atoms. The smallest absolute Gasteiger partial charge is 0.332 e. The number of carbonyl (C=O) groups excluding carboxylic acids is 1. The summed E-state index contributed by atoms with van der Waals surface area (Å²) in [7, 11) is 0. The van der Waals surface area contributed by atoms with Gasteiger partial charge in [-0.1, -0.05) is 0 Å². The molecule has 0 spiro atoms. The molecule has 0 unspecified atom stereocenters. The van der Waals surface area contributed by atoms with Crippen LogP contribution >= 0.6 is 0 Å². The molecule has 0 radical (unpaired) electrons. The minimum absolute atomic E-state index is 0.0164. The zero-order valence-corrected chi connectivity index (χ0v) is 9.65. The molecule has 0 heterocycles. The van der Waals surface area contributed by atoms with Gasteiger partial charge in [0.15, 0.2) is 0 Å². The quantitative estimate of drug-likeness (QED) is 0.485. The summed E-state index contributed by atoms with van der Waals surface area (Å²) in [5, 5.41) is 0. The van der Waals surface area contributed by atoms with Crippen LogP contribution in [0.4, 0.5) is 0 Å². The van der Waals surface area contributed by atoms with Gasteiger partial charge in [0.25, 0.3) is 0 Å². The van der Waals surface area contributed by atoms with E-state index < -0.39 is 0 Å². The molecule has 0 aromatic heterocycles. The Morgan fingerprint density at radius 3 is 2.50 bits per heavy atom. The highest BCUT2D eigenvalue weighted by Gasteiger charge is 2.18. The van der Waals surface area contributed by atoms with Gasteiger partial charge in [-0.2, -0.15) is 0 Å². The van der Waals surface area contributed by atoms with Crippen LogP contribution in [0, 0.1) is 0 Å². The highest BCUT2D eigenvalue weighted by Crippen LogP contribution is 2.20. The lowest BCUT2D eigenvalue weighted by Gasteiger charge is -2.11. The molecule has 1 fully saturated rings. The van der Waals surface area contributed by atoms with Crippen molar-refractivity contribution in [1.29, 1.82) is 0 Å². The Kier molecular flexibility index (Phi) is 7.12. The molecule has 0 atom stereocenters. The third-order valence-electron chi connectivity index (χ3n) is 2.45. The highest BCUT2D eigenvalue weighted by molar-refractivity contribution is 5.70. The van der Waals surface area contributed by atoms with Crippen LogP contribution < -0.4 is 5.73 Å². The van der Waals surface area contributed by atoms with Crippen molar-refractivity contribution in [2.75, 3.05) is 33.0 Å². The Bertz CT molecular complexity index is 192. The van der Waals surface area contributed by atoms with Crippen LogP contribution in [0.2, 0.25) is 0 Å². The lowest BCUT2D eigenvalue weighted by atomic mass is 10.3. The molecule has 1 rings (SSSR count). The molecular formula is C11H21NO4. The van der Waals surface area contributed by atoms with Crippen molar-refractivity contribution in [2.24, 2.45) is 5.73 Å². The van der Waals surface area contributed by atoms with E-state index in [9.17, 15) is 4.79 Å². The molecule has 1 saturated carbocycles. The minimum Gasteiger partial charge on any atom is -0.461 e. The predicted octanol–water partition coefficient (Wildman–Crippen LogP) is 0.464.